The maximum absolute atomic E-state index is 12.0. The minimum Gasteiger partial charge on any atom is -0.497 e. The first-order valence-electron chi connectivity index (χ1n) is 6.75. The molecule has 0 aliphatic heterocycles. The third-order valence-corrected chi connectivity index (χ3v) is 2.93. The average Bonchev–Trinajstić information content (AvgIpc) is 2.45. The first kappa shape index (κ1) is 16.3. The highest BCUT2D eigenvalue weighted by Gasteiger charge is 2.15. The van der Waals surface area contributed by atoms with Gasteiger partial charge < -0.3 is 19.5 Å². The molecule has 0 bridgehead atoms. The van der Waals surface area contributed by atoms with Crippen molar-refractivity contribution < 1.29 is 19.4 Å². The topological polar surface area (TPSA) is 59.0 Å². The molecular formula is C15H23NO4. The molecule has 0 aliphatic carbocycles. The molecule has 0 radical (unpaired) electrons. The number of nitrogens with zero attached hydrogens (tertiary/aromatic N) is 1. The second-order valence-electron chi connectivity index (χ2n) is 4.68. The Morgan fingerprint density at radius 1 is 1.25 bits per heavy atom. The number of ether oxygens (including phenoxy) is 2. The van der Waals surface area contributed by atoms with Crippen molar-refractivity contribution in [3.8, 4) is 11.5 Å². The lowest BCUT2D eigenvalue weighted by Gasteiger charge is -2.25. The van der Waals surface area contributed by atoms with Crippen LogP contribution in [0.25, 0.3) is 0 Å². The Morgan fingerprint density at radius 3 is 2.35 bits per heavy atom. The Morgan fingerprint density at radius 2 is 1.85 bits per heavy atom. The van der Waals surface area contributed by atoms with E-state index in [4.69, 9.17) is 14.6 Å². The molecule has 20 heavy (non-hydrogen) atoms. The molecule has 1 aromatic rings. The summed E-state index contributed by atoms with van der Waals surface area (Å²) in [6.07, 6.45) is 0.296. The molecule has 1 aromatic carbocycles. The van der Waals surface area contributed by atoms with Crippen molar-refractivity contribution in [3.05, 3.63) is 24.3 Å². The van der Waals surface area contributed by atoms with Crippen molar-refractivity contribution in [1.29, 1.82) is 0 Å². The zero-order valence-electron chi connectivity index (χ0n) is 12.3. The van der Waals surface area contributed by atoms with Crippen molar-refractivity contribution in [2.75, 3.05) is 26.9 Å². The van der Waals surface area contributed by atoms with Crippen LogP contribution < -0.4 is 9.47 Å². The Hall–Kier alpha value is -1.75. The van der Waals surface area contributed by atoms with E-state index in [2.05, 4.69) is 0 Å². The molecule has 0 heterocycles. The normalized spacial score (nSPS) is 10.4. The summed E-state index contributed by atoms with van der Waals surface area (Å²) in [5, 5.41) is 8.95. The maximum Gasteiger partial charge on any atom is 0.226 e. The van der Waals surface area contributed by atoms with Crippen LogP contribution in [-0.4, -0.2) is 48.8 Å². The number of carbonyl (C=O) groups is 1. The van der Waals surface area contributed by atoms with Crippen molar-refractivity contribution >= 4 is 5.91 Å². The van der Waals surface area contributed by atoms with Gasteiger partial charge in [0.25, 0.3) is 0 Å². The summed E-state index contributed by atoms with van der Waals surface area (Å²) in [6, 6.07) is 7.30. The minimum absolute atomic E-state index is 0.0115. The van der Waals surface area contributed by atoms with E-state index in [0.29, 0.717) is 25.3 Å². The van der Waals surface area contributed by atoms with E-state index in [9.17, 15) is 4.79 Å². The molecule has 1 rings (SSSR count). The Bertz CT molecular complexity index is 403. The van der Waals surface area contributed by atoms with E-state index >= 15 is 0 Å². The molecule has 112 valence electrons. The fraction of sp³-hybridized carbons (Fsp3) is 0.533. The van der Waals surface area contributed by atoms with Crippen LogP contribution in [0.2, 0.25) is 0 Å². The smallest absolute Gasteiger partial charge is 0.226 e. The van der Waals surface area contributed by atoms with Crippen LogP contribution in [0.15, 0.2) is 24.3 Å². The lowest BCUT2D eigenvalue weighted by molar-refractivity contribution is -0.133. The Balaban J connectivity index is 2.40. The zero-order valence-corrected chi connectivity index (χ0v) is 12.3. The van der Waals surface area contributed by atoms with Gasteiger partial charge in [0.2, 0.25) is 5.91 Å². The third kappa shape index (κ3) is 5.09. The quantitative estimate of drug-likeness (QED) is 0.788. The summed E-state index contributed by atoms with van der Waals surface area (Å²) in [6.45, 7) is 4.51. The van der Waals surface area contributed by atoms with Gasteiger partial charge in [-0.2, -0.15) is 0 Å². The van der Waals surface area contributed by atoms with Gasteiger partial charge in [0.15, 0.2) is 0 Å². The summed E-state index contributed by atoms with van der Waals surface area (Å²) in [4.78, 5) is 13.6. The number of amides is 1. The second-order valence-corrected chi connectivity index (χ2v) is 4.68. The van der Waals surface area contributed by atoms with Crippen LogP contribution in [0.4, 0.5) is 0 Å². The number of aliphatic hydroxyl groups is 1. The fourth-order valence-corrected chi connectivity index (χ4v) is 1.85. The summed E-state index contributed by atoms with van der Waals surface area (Å²) < 4.78 is 10.6. The Labute approximate surface area is 120 Å². The molecular weight excluding hydrogens is 258 g/mol. The molecule has 5 nitrogen and oxygen atoms in total. The molecule has 0 saturated carbocycles. The van der Waals surface area contributed by atoms with Crippen LogP contribution in [0.1, 0.15) is 20.3 Å². The summed E-state index contributed by atoms with van der Waals surface area (Å²) in [5.41, 5.74) is 0. The number of hydrogen-bond donors (Lipinski definition) is 1. The SMILES string of the molecule is COc1ccc(OCCC(=O)N(CCO)C(C)C)cc1. The van der Waals surface area contributed by atoms with Gasteiger partial charge in [-0.1, -0.05) is 0 Å². The number of benzene rings is 1. The van der Waals surface area contributed by atoms with Gasteiger partial charge in [-0.25, -0.2) is 0 Å². The van der Waals surface area contributed by atoms with Gasteiger partial charge in [-0.05, 0) is 38.1 Å². The van der Waals surface area contributed by atoms with Crippen LogP contribution in [0.5, 0.6) is 11.5 Å². The molecule has 1 N–H and O–H groups in total. The summed E-state index contributed by atoms with van der Waals surface area (Å²) in [7, 11) is 1.61. The maximum atomic E-state index is 12.0. The van der Waals surface area contributed by atoms with Crippen LogP contribution >= 0.6 is 0 Å². The summed E-state index contributed by atoms with van der Waals surface area (Å²) in [5.74, 6) is 1.46. The molecule has 0 unspecified atom stereocenters. The highest BCUT2D eigenvalue weighted by atomic mass is 16.5. The largest absolute Gasteiger partial charge is 0.497 e. The Kier molecular flexibility index (Phi) is 6.87. The molecule has 0 spiro atoms. The van der Waals surface area contributed by atoms with Gasteiger partial charge in [-0.3, -0.25) is 4.79 Å². The summed E-state index contributed by atoms with van der Waals surface area (Å²) >= 11 is 0. The molecule has 0 aliphatic rings. The molecule has 1 amide bonds. The first-order valence-corrected chi connectivity index (χ1v) is 6.75. The lowest BCUT2D eigenvalue weighted by atomic mass is 10.2. The predicted octanol–water partition coefficient (Wildman–Crippen LogP) is 1.69. The number of rotatable bonds is 8. The van der Waals surface area contributed by atoms with Crippen LogP contribution in [-0.2, 0) is 4.79 Å². The minimum atomic E-state index is -0.0245. The van der Waals surface area contributed by atoms with Gasteiger partial charge in [0, 0.05) is 12.6 Å². The van der Waals surface area contributed by atoms with Gasteiger partial charge in [0.1, 0.15) is 11.5 Å². The number of hydrogen-bond acceptors (Lipinski definition) is 4. The fourth-order valence-electron chi connectivity index (χ4n) is 1.85. The number of carbonyl (C=O) groups excluding carboxylic acids is 1. The first-order chi connectivity index (χ1) is 9.58. The van der Waals surface area contributed by atoms with Crippen molar-refractivity contribution in [2.24, 2.45) is 0 Å². The van der Waals surface area contributed by atoms with E-state index < -0.39 is 0 Å². The van der Waals surface area contributed by atoms with Gasteiger partial charge >= 0.3 is 0 Å². The lowest BCUT2D eigenvalue weighted by Crippen LogP contribution is -2.39. The van der Waals surface area contributed by atoms with Gasteiger partial charge in [-0.15, -0.1) is 0 Å². The highest BCUT2D eigenvalue weighted by Crippen LogP contribution is 2.17. The van der Waals surface area contributed by atoms with Crippen molar-refractivity contribution in [2.45, 2.75) is 26.3 Å². The molecule has 0 atom stereocenters. The molecule has 0 saturated heterocycles. The molecule has 0 fully saturated rings. The van der Waals surface area contributed by atoms with E-state index in [-0.39, 0.29) is 18.6 Å². The standard InChI is InChI=1S/C15H23NO4/c1-12(2)16(9-10-17)15(18)8-11-20-14-6-4-13(19-3)5-7-14/h4-7,12,17H,8-11H2,1-3H3. The van der Waals surface area contributed by atoms with E-state index in [1.54, 1.807) is 24.1 Å². The van der Waals surface area contributed by atoms with Gasteiger partial charge in [0.05, 0.1) is 26.7 Å². The van der Waals surface area contributed by atoms with E-state index in [0.717, 1.165) is 5.75 Å². The molecule has 0 aromatic heterocycles. The molecule has 5 heteroatoms. The van der Waals surface area contributed by atoms with E-state index in [1.807, 2.05) is 26.0 Å². The van der Waals surface area contributed by atoms with Crippen molar-refractivity contribution in [3.63, 3.8) is 0 Å². The van der Waals surface area contributed by atoms with E-state index in [1.165, 1.54) is 0 Å². The second kappa shape index (κ2) is 8.43. The third-order valence-electron chi connectivity index (χ3n) is 2.93. The highest BCUT2D eigenvalue weighted by molar-refractivity contribution is 5.76. The zero-order chi connectivity index (χ0) is 15.0. The number of methoxy groups -OCH3 is 1. The monoisotopic (exact) mass is 281 g/mol. The average molecular weight is 281 g/mol. The van der Waals surface area contributed by atoms with Crippen molar-refractivity contribution in [1.82, 2.24) is 4.90 Å². The van der Waals surface area contributed by atoms with Crippen LogP contribution in [0, 0.1) is 0 Å². The predicted molar refractivity (Wildman–Crippen MR) is 77.0 cm³/mol. The number of aliphatic hydroxyl groups excluding tert-OH is 1. The van der Waals surface area contributed by atoms with Crippen LogP contribution in [0.3, 0.4) is 0 Å².